The number of benzene rings is 2. The molecule has 1 unspecified atom stereocenters. The van der Waals surface area contributed by atoms with Crippen LogP contribution >= 0.6 is 31.9 Å². The third kappa shape index (κ3) is 3.93. The van der Waals surface area contributed by atoms with Crippen LogP contribution in [-0.2, 0) is 0 Å². The van der Waals surface area contributed by atoms with E-state index in [1.165, 1.54) is 0 Å². The second kappa shape index (κ2) is 7.04. The van der Waals surface area contributed by atoms with E-state index in [4.69, 9.17) is 0 Å². The Labute approximate surface area is 135 Å². The van der Waals surface area contributed by atoms with Gasteiger partial charge in [-0.1, -0.05) is 69.1 Å². The average molecular weight is 397 g/mol. The number of carbonyl (C=O) groups excluding carboxylic acids is 1. The molecular weight excluding hydrogens is 382 g/mol. The van der Waals surface area contributed by atoms with Gasteiger partial charge in [-0.25, -0.2) is 0 Å². The Morgan fingerprint density at radius 3 is 2.25 bits per heavy atom. The summed E-state index contributed by atoms with van der Waals surface area (Å²) in [5.41, 5.74) is 1.76. The van der Waals surface area contributed by atoms with Crippen LogP contribution in [0.15, 0.2) is 57.5 Å². The van der Waals surface area contributed by atoms with E-state index >= 15 is 0 Å². The molecule has 2 rings (SSSR count). The molecule has 0 bridgehead atoms. The Bertz CT molecular complexity index is 578. The average Bonchev–Trinajstić information content (AvgIpc) is 2.44. The van der Waals surface area contributed by atoms with Gasteiger partial charge in [0.1, 0.15) is 0 Å². The molecule has 104 valence electrons. The molecule has 0 aliphatic carbocycles. The van der Waals surface area contributed by atoms with Gasteiger partial charge in [0.15, 0.2) is 0 Å². The van der Waals surface area contributed by atoms with E-state index in [9.17, 15) is 4.79 Å². The Kier molecular flexibility index (Phi) is 5.38. The summed E-state index contributed by atoms with van der Waals surface area (Å²) in [7, 11) is 0. The molecular formula is C16H15Br2NO. The first-order valence-corrected chi connectivity index (χ1v) is 8.00. The number of carbonyl (C=O) groups is 1. The number of nitrogens with one attached hydrogen (secondary N) is 1. The van der Waals surface area contributed by atoms with Gasteiger partial charge in [0.25, 0.3) is 5.91 Å². The minimum Gasteiger partial charge on any atom is -0.345 e. The lowest BCUT2D eigenvalue weighted by atomic mass is 10.0. The monoisotopic (exact) mass is 395 g/mol. The van der Waals surface area contributed by atoms with E-state index in [0.717, 1.165) is 20.9 Å². The van der Waals surface area contributed by atoms with Gasteiger partial charge in [0.2, 0.25) is 0 Å². The lowest BCUT2D eigenvalue weighted by Gasteiger charge is -2.17. The largest absolute Gasteiger partial charge is 0.345 e. The zero-order valence-electron chi connectivity index (χ0n) is 11.1. The highest BCUT2D eigenvalue weighted by Gasteiger charge is 2.14. The molecule has 1 atom stereocenters. The van der Waals surface area contributed by atoms with Gasteiger partial charge in [0.05, 0.1) is 6.04 Å². The topological polar surface area (TPSA) is 29.1 Å². The first-order valence-electron chi connectivity index (χ1n) is 6.42. The molecule has 2 aromatic rings. The van der Waals surface area contributed by atoms with Gasteiger partial charge in [-0.15, -0.1) is 0 Å². The van der Waals surface area contributed by atoms with Crippen LogP contribution in [0, 0.1) is 0 Å². The van der Waals surface area contributed by atoms with Crippen LogP contribution in [0.2, 0.25) is 0 Å². The molecule has 0 aliphatic rings. The predicted octanol–water partition coefficient (Wildman–Crippen LogP) is 5.09. The molecule has 0 saturated carbocycles. The summed E-state index contributed by atoms with van der Waals surface area (Å²) in [6.07, 6.45) is 0.852. The first-order chi connectivity index (χ1) is 9.60. The third-order valence-electron chi connectivity index (χ3n) is 3.04. The molecule has 0 aromatic heterocycles. The fourth-order valence-corrected chi connectivity index (χ4v) is 3.33. The molecule has 2 nitrogen and oxygen atoms in total. The predicted molar refractivity (Wildman–Crippen MR) is 88.8 cm³/mol. The van der Waals surface area contributed by atoms with Gasteiger partial charge in [-0.2, -0.15) is 0 Å². The number of amides is 1. The molecule has 2 aromatic carbocycles. The molecule has 0 spiro atoms. The highest BCUT2D eigenvalue weighted by Crippen LogP contribution is 2.22. The Balaban J connectivity index is 2.17. The molecule has 20 heavy (non-hydrogen) atoms. The fraction of sp³-hybridized carbons (Fsp3) is 0.188. The van der Waals surface area contributed by atoms with E-state index in [1.54, 1.807) is 0 Å². The van der Waals surface area contributed by atoms with E-state index in [-0.39, 0.29) is 11.9 Å². The van der Waals surface area contributed by atoms with Crippen molar-refractivity contribution in [3.8, 4) is 0 Å². The lowest BCUT2D eigenvalue weighted by Crippen LogP contribution is -2.28. The van der Waals surface area contributed by atoms with Crippen molar-refractivity contribution in [2.24, 2.45) is 0 Å². The quantitative estimate of drug-likeness (QED) is 0.765. The van der Waals surface area contributed by atoms with Crippen molar-refractivity contribution >= 4 is 37.8 Å². The van der Waals surface area contributed by atoms with Gasteiger partial charge in [-0.3, -0.25) is 4.79 Å². The number of hydrogen-bond acceptors (Lipinski definition) is 1. The molecule has 0 aliphatic heterocycles. The minimum atomic E-state index is -0.0669. The molecule has 1 amide bonds. The highest BCUT2D eigenvalue weighted by molar-refractivity contribution is 9.11. The Morgan fingerprint density at radius 1 is 1.10 bits per heavy atom. The number of rotatable bonds is 4. The molecule has 0 saturated heterocycles. The van der Waals surface area contributed by atoms with E-state index in [1.807, 2.05) is 48.5 Å². The maximum atomic E-state index is 12.3. The molecule has 0 radical (unpaired) electrons. The maximum Gasteiger partial charge on any atom is 0.251 e. The summed E-state index contributed by atoms with van der Waals surface area (Å²) in [6, 6.07) is 15.6. The summed E-state index contributed by atoms with van der Waals surface area (Å²) < 4.78 is 1.76. The van der Waals surface area contributed by atoms with Gasteiger partial charge in [-0.05, 0) is 30.2 Å². The summed E-state index contributed by atoms with van der Waals surface area (Å²) in [4.78, 5) is 12.3. The molecule has 1 N–H and O–H groups in total. The van der Waals surface area contributed by atoms with Crippen molar-refractivity contribution in [2.45, 2.75) is 19.4 Å². The van der Waals surface area contributed by atoms with Crippen molar-refractivity contribution in [1.82, 2.24) is 5.32 Å². The normalized spacial score (nSPS) is 11.9. The molecule has 0 heterocycles. The van der Waals surface area contributed by atoms with Crippen LogP contribution in [0.5, 0.6) is 0 Å². The third-order valence-corrected chi connectivity index (χ3v) is 3.96. The van der Waals surface area contributed by atoms with E-state index < -0.39 is 0 Å². The second-order valence-corrected chi connectivity index (χ2v) is 6.33. The summed E-state index contributed by atoms with van der Waals surface area (Å²) in [6.45, 7) is 2.06. The summed E-state index contributed by atoms with van der Waals surface area (Å²) in [5.74, 6) is -0.0669. The van der Waals surface area contributed by atoms with Crippen LogP contribution in [0.25, 0.3) is 0 Å². The second-order valence-electron chi connectivity index (χ2n) is 4.50. The number of halogens is 2. The van der Waals surface area contributed by atoms with Crippen LogP contribution in [0.3, 0.4) is 0 Å². The zero-order chi connectivity index (χ0) is 14.5. The standard InChI is InChI=1S/C16H15Br2NO/c1-2-15(11-6-4-3-5-7-11)19-16(20)12-8-13(17)10-14(18)9-12/h3-10,15H,2H2,1H3,(H,19,20). The summed E-state index contributed by atoms with van der Waals surface area (Å²) >= 11 is 6.80. The van der Waals surface area contributed by atoms with Crippen molar-refractivity contribution in [1.29, 1.82) is 0 Å². The van der Waals surface area contributed by atoms with Crippen LogP contribution in [-0.4, -0.2) is 5.91 Å². The van der Waals surface area contributed by atoms with Crippen LogP contribution in [0.1, 0.15) is 35.3 Å². The minimum absolute atomic E-state index is 0.0291. The smallest absolute Gasteiger partial charge is 0.251 e. The number of hydrogen-bond donors (Lipinski definition) is 1. The highest BCUT2D eigenvalue weighted by atomic mass is 79.9. The van der Waals surface area contributed by atoms with Gasteiger partial charge < -0.3 is 5.32 Å². The van der Waals surface area contributed by atoms with Crippen molar-refractivity contribution in [2.75, 3.05) is 0 Å². The van der Waals surface area contributed by atoms with Crippen LogP contribution in [0.4, 0.5) is 0 Å². The van der Waals surface area contributed by atoms with Gasteiger partial charge >= 0.3 is 0 Å². The SMILES string of the molecule is CCC(NC(=O)c1cc(Br)cc(Br)c1)c1ccccc1. The van der Waals surface area contributed by atoms with E-state index in [0.29, 0.717) is 5.56 Å². The molecule has 0 fully saturated rings. The first kappa shape index (κ1) is 15.3. The van der Waals surface area contributed by atoms with Crippen molar-refractivity contribution in [3.63, 3.8) is 0 Å². The van der Waals surface area contributed by atoms with Crippen LogP contribution < -0.4 is 5.32 Å². The van der Waals surface area contributed by atoms with Gasteiger partial charge in [0, 0.05) is 14.5 Å². The Morgan fingerprint density at radius 2 is 1.70 bits per heavy atom. The maximum absolute atomic E-state index is 12.3. The molecule has 4 heteroatoms. The fourth-order valence-electron chi connectivity index (χ4n) is 2.03. The lowest BCUT2D eigenvalue weighted by molar-refractivity contribution is 0.0935. The van der Waals surface area contributed by atoms with E-state index in [2.05, 4.69) is 44.1 Å². The van der Waals surface area contributed by atoms with Crippen molar-refractivity contribution < 1.29 is 4.79 Å². The zero-order valence-corrected chi connectivity index (χ0v) is 14.2. The summed E-state index contributed by atoms with van der Waals surface area (Å²) in [5, 5.41) is 3.07. The Hall–Kier alpha value is -1.13. The van der Waals surface area contributed by atoms with Crippen molar-refractivity contribution in [3.05, 3.63) is 68.6 Å².